The van der Waals surface area contributed by atoms with Crippen LogP contribution in [0.3, 0.4) is 0 Å². The van der Waals surface area contributed by atoms with Gasteiger partial charge in [-0.2, -0.15) is 9.61 Å². The van der Waals surface area contributed by atoms with Gasteiger partial charge in [-0.15, -0.1) is 5.10 Å². The summed E-state index contributed by atoms with van der Waals surface area (Å²) < 4.78 is 17.2. The van der Waals surface area contributed by atoms with Crippen molar-refractivity contribution < 1.29 is 4.39 Å². The largest absolute Gasteiger partial charge is 0.348 e. The summed E-state index contributed by atoms with van der Waals surface area (Å²) in [6, 6.07) is 12.8. The molecule has 1 aliphatic rings. The van der Waals surface area contributed by atoms with Crippen LogP contribution in [-0.2, 0) is 0 Å². The summed E-state index contributed by atoms with van der Waals surface area (Å²) >= 11 is 0. The Labute approximate surface area is 149 Å². The molecule has 4 aromatic rings. The smallest absolute Gasteiger partial charge is 0.175 e. The number of hydrogen-bond acceptors (Lipinski definition) is 4. The van der Waals surface area contributed by atoms with Crippen molar-refractivity contribution in [1.82, 2.24) is 24.4 Å². The van der Waals surface area contributed by atoms with Gasteiger partial charge in [0.25, 0.3) is 0 Å². The molecule has 0 N–H and O–H groups in total. The summed E-state index contributed by atoms with van der Waals surface area (Å²) in [6.45, 7) is 0.894. The first-order valence-electron chi connectivity index (χ1n) is 8.66. The van der Waals surface area contributed by atoms with Crippen LogP contribution in [0.5, 0.6) is 0 Å². The quantitative estimate of drug-likeness (QED) is 0.569. The first kappa shape index (κ1) is 15.1. The second-order valence-electron chi connectivity index (χ2n) is 6.43. The maximum absolute atomic E-state index is 13.7. The molecule has 6 nitrogen and oxygen atoms in total. The third-order valence-corrected chi connectivity index (χ3v) is 4.85. The molecular formula is C19H17FN6. The molecule has 1 aromatic carbocycles. The lowest BCUT2D eigenvalue weighted by Gasteiger charge is -2.26. The summed E-state index contributed by atoms with van der Waals surface area (Å²) in [4.78, 5) is 6.64. The number of rotatable bonds is 3. The molecule has 1 aliphatic heterocycles. The predicted molar refractivity (Wildman–Crippen MR) is 95.8 cm³/mol. The van der Waals surface area contributed by atoms with Crippen molar-refractivity contribution in [3.05, 3.63) is 72.4 Å². The molecule has 5 rings (SSSR count). The summed E-state index contributed by atoms with van der Waals surface area (Å²) in [5.74, 6) is 1.44. The fourth-order valence-corrected chi connectivity index (χ4v) is 3.67. The zero-order chi connectivity index (χ0) is 17.5. The minimum atomic E-state index is -0.201. The fourth-order valence-electron chi connectivity index (χ4n) is 3.67. The van der Waals surface area contributed by atoms with Gasteiger partial charge in [0, 0.05) is 18.9 Å². The Morgan fingerprint density at radius 2 is 2.08 bits per heavy atom. The molecule has 1 unspecified atom stereocenters. The Hall–Kier alpha value is -3.22. The van der Waals surface area contributed by atoms with Crippen molar-refractivity contribution in [2.45, 2.75) is 18.9 Å². The average Bonchev–Trinajstić information content (AvgIpc) is 3.40. The Bertz CT molecular complexity index is 1060. The van der Waals surface area contributed by atoms with Crippen molar-refractivity contribution in [3.8, 4) is 5.82 Å². The van der Waals surface area contributed by atoms with Crippen LogP contribution in [-0.4, -0.2) is 30.9 Å². The van der Waals surface area contributed by atoms with Gasteiger partial charge in [0.05, 0.1) is 12.2 Å². The van der Waals surface area contributed by atoms with E-state index in [4.69, 9.17) is 5.10 Å². The molecule has 1 atom stereocenters. The van der Waals surface area contributed by atoms with Crippen molar-refractivity contribution in [2.24, 2.45) is 0 Å². The molecule has 0 spiro atoms. The third kappa shape index (κ3) is 2.44. The van der Waals surface area contributed by atoms with E-state index in [2.05, 4.69) is 15.0 Å². The average molecular weight is 348 g/mol. The number of halogens is 1. The highest BCUT2D eigenvalue weighted by Crippen LogP contribution is 2.35. The van der Waals surface area contributed by atoms with Gasteiger partial charge >= 0.3 is 0 Å². The number of imidazole rings is 1. The summed E-state index contributed by atoms with van der Waals surface area (Å²) in [6.07, 6.45) is 7.38. The van der Waals surface area contributed by atoms with Gasteiger partial charge in [0.15, 0.2) is 11.5 Å². The molecule has 0 radical (unpaired) electrons. The maximum atomic E-state index is 13.7. The van der Waals surface area contributed by atoms with E-state index in [1.807, 2.05) is 30.5 Å². The van der Waals surface area contributed by atoms with Crippen molar-refractivity contribution in [1.29, 1.82) is 0 Å². The van der Waals surface area contributed by atoms with E-state index in [9.17, 15) is 4.39 Å². The Kier molecular flexibility index (Phi) is 3.44. The van der Waals surface area contributed by atoms with Crippen LogP contribution in [0.25, 0.3) is 11.5 Å². The standard InChI is InChI=1S/C19H17FN6/c20-15-5-1-4-14(12-15)16-6-2-10-24(16)18-8-7-17-21-13-19(26(17)23-18)25-11-3-9-22-25/h1,3-5,7-9,11-13,16H,2,6,10H2. The molecule has 0 bridgehead atoms. The van der Waals surface area contributed by atoms with E-state index in [1.165, 1.54) is 6.07 Å². The molecule has 1 fully saturated rings. The lowest BCUT2D eigenvalue weighted by molar-refractivity contribution is 0.617. The molecule has 4 heterocycles. The molecule has 3 aromatic heterocycles. The Morgan fingerprint density at radius 1 is 1.12 bits per heavy atom. The van der Waals surface area contributed by atoms with Crippen LogP contribution in [0.2, 0.25) is 0 Å². The zero-order valence-corrected chi connectivity index (χ0v) is 14.0. The lowest BCUT2D eigenvalue weighted by Crippen LogP contribution is -2.24. The normalized spacial score (nSPS) is 17.3. The topological polar surface area (TPSA) is 51.2 Å². The summed E-state index contributed by atoms with van der Waals surface area (Å²) in [7, 11) is 0. The molecule has 26 heavy (non-hydrogen) atoms. The van der Waals surface area contributed by atoms with E-state index >= 15 is 0 Å². The van der Waals surface area contributed by atoms with Crippen molar-refractivity contribution >= 4 is 11.5 Å². The Morgan fingerprint density at radius 3 is 2.92 bits per heavy atom. The van der Waals surface area contributed by atoms with Crippen LogP contribution in [0.1, 0.15) is 24.4 Å². The van der Waals surface area contributed by atoms with Gasteiger partial charge in [0.2, 0.25) is 0 Å². The summed E-state index contributed by atoms with van der Waals surface area (Å²) in [5.41, 5.74) is 1.75. The van der Waals surface area contributed by atoms with Crippen molar-refractivity contribution in [3.63, 3.8) is 0 Å². The predicted octanol–water partition coefficient (Wildman–Crippen LogP) is 3.40. The fraction of sp³-hybridized carbons (Fsp3) is 0.211. The first-order valence-corrected chi connectivity index (χ1v) is 8.66. The highest BCUT2D eigenvalue weighted by atomic mass is 19.1. The summed E-state index contributed by atoms with van der Waals surface area (Å²) in [5, 5.41) is 9.07. The molecule has 0 amide bonds. The minimum Gasteiger partial charge on any atom is -0.348 e. The van der Waals surface area contributed by atoms with E-state index < -0.39 is 0 Å². The highest BCUT2D eigenvalue weighted by Gasteiger charge is 2.28. The molecule has 7 heteroatoms. The molecule has 1 saturated heterocycles. The van der Waals surface area contributed by atoms with Crippen LogP contribution >= 0.6 is 0 Å². The number of aromatic nitrogens is 5. The van der Waals surface area contributed by atoms with Gasteiger partial charge in [-0.3, -0.25) is 0 Å². The van der Waals surface area contributed by atoms with Crippen LogP contribution in [0.4, 0.5) is 10.2 Å². The van der Waals surface area contributed by atoms with E-state index in [0.29, 0.717) is 0 Å². The SMILES string of the molecule is Fc1cccc(C2CCCN2c2ccc3ncc(-n4cccn4)n3n2)c1. The van der Waals surface area contributed by atoms with Crippen molar-refractivity contribution in [2.75, 3.05) is 11.4 Å². The second-order valence-corrected chi connectivity index (χ2v) is 6.43. The molecule has 130 valence electrons. The number of anilines is 1. The maximum Gasteiger partial charge on any atom is 0.175 e. The second kappa shape index (κ2) is 5.94. The van der Waals surface area contributed by atoms with Crippen LogP contribution < -0.4 is 4.90 Å². The zero-order valence-electron chi connectivity index (χ0n) is 14.0. The molecule has 0 aliphatic carbocycles. The van der Waals surface area contributed by atoms with E-state index in [-0.39, 0.29) is 11.9 Å². The van der Waals surface area contributed by atoms with E-state index in [1.54, 1.807) is 33.7 Å². The van der Waals surface area contributed by atoms with Gasteiger partial charge in [-0.25, -0.2) is 14.1 Å². The number of fused-ring (bicyclic) bond motifs is 1. The molecule has 0 saturated carbocycles. The minimum absolute atomic E-state index is 0.132. The third-order valence-electron chi connectivity index (χ3n) is 4.85. The monoisotopic (exact) mass is 348 g/mol. The highest BCUT2D eigenvalue weighted by molar-refractivity contribution is 5.51. The lowest BCUT2D eigenvalue weighted by atomic mass is 10.0. The van der Waals surface area contributed by atoms with Crippen LogP contribution in [0, 0.1) is 5.82 Å². The Balaban J connectivity index is 1.57. The number of nitrogens with zero attached hydrogens (tertiary/aromatic N) is 6. The van der Waals surface area contributed by atoms with Gasteiger partial charge in [-0.05, 0) is 48.7 Å². The first-order chi connectivity index (χ1) is 12.8. The number of benzene rings is 1. The van der Waals surface area contributed by atoms with Gasteiger partial charge < -0.3 is 4.90 Å². The van der Waals surface area contributed by atoms with Gasteiger partial charge in [-0.1, -0.05) is 12.1 Å². The van der Waals surface area contributed by atoms with Crippen LogP contribution in [0.15, 0.2) is 61.1 Å². The van der Waals surface area contributed by atoms with Gasteiger partial charge in [0.1, 0.15) is 11.6 Å². The molecular weight excluding hydrogens is 331 g/mol. The number of hydrogen-bond donors (Lipinski definition) is 0. The van der Waals surface area contributed by atoms with E-state index in [0.717, 1.165) is 42.2 Å².